The molecule has 2 heterocycles. The van der Waals surface area contributed by atoms with Gasteiger partial charge in [-0.15, -0.1) is 6.58 Å². The topological polar surface area (TPSA) is 89.4 Å². The lowest BCUT2D eigenvalue weighted by Crippen LogP contribution is -2.42. The van der Waals surface area contributed by atoms with Gasteiger partial charge in [-0.3, -0.25) is 9.59 Å². The van der Waals surface area contributed by atoms with Crippen molar-refractivity contribution >= 4 is 17.7 Å². The first kappa shape index (κ1) is 17.0. The minimum atomic E-state index is -1.28. The Labute approximate surface area is 162 Å². The summed E-state index contributed by atoms with van der Waals surface area (Å²) in [6.07, 6.45) is 2.71. The highest BCUT2D eigenvalue weighted by molar-refractivity contribution is 6.16. The minimum absolute atomic E-state index is 0.000382. The highest BCUT2D eigenvalue weighted by atomic mass is 16.4. The quantitative estimate of drug-likeness (QED) is 0.814. The molecule has 142 valence electrons. The van der Waals surface area contributed by atoms with Crippen LogP contribution in [0.25, 0.3) is 11.3 Å². The average molecular weight is 375 g/mol. The van der Waals surface area contributed by atoms with Crippen LogP contribution in [0.4, 0.5) is 6.01 Å². The number of allylic oxidation sites excluding steroid dienone is 1. The van der Waals surface area contributed by atoms with E-state index in [0.717, 1.165) is 16.8 Å². The number of carbonyl (C=O) groups excluding carboxylic acids is 2. The molecule has 0 fully saturated rings. The highest BCUT2D eigenvalue weighted by Crippen LogP contribution is 2.60. The van der Waals surface area contributed by atoms with E-state index in [9.17, 15) is 9.59 Å². The predicted octanol–water partition coefficient (Wildman–Crippen LogP) is 3.19. The first-order valence-electron chi connectivity index (χ1n) is 9.37. The van der Waals surface area contributed by atoms with Crippen molar-refractivity contribution in [2.24, 2.45) is 5.41 Å². The van der Waals surface area contributed by atoms with Crippen molar-refractivity contribution in [3.05, 3.63) is 59.4 Å². The van der Waals surface area contributed by atoms with Crippen molar-refractivity contribution in [2.75, 3.05) is 12.3 Å². The Morgan fingerprint density at radius 1 is 1.29 bits per heavy atom. The number of rotatable bonds is 2. The first-order valence-corrected chi connectivity index (χ1v) is 9.37. The molecular weight excluding hydrogens is 354 g/mol. The zero-order valence-electron chi connectivity index (χ0n) is 15.9. The molecule has 0 bridgehead atoms. The molecule has 2 N–H and O–H groups in total. The minimum Gasteiger partial charge on any atom is -0.423 e. The van der Waals surface area contributed by atoms with Crippen LogP contribution in [0.15, 0.2) is 52.6 Å². The number of nitrogen functional groups attached to an aromatic ring is 1. The summed E-state index contributed by atoms with van der Waals surface area (Å²) >= 11 is 0. The summed E-state index contributed by atoms with van der Waals surface area (Å²) in [4.78, 5) is 33.5. The largest absolute Gasteiger partial charge is 0.423 e. The van der Waals surface area contributed by atoms with Gasteiger partial charge in [-0.05, 0) is 17.4 Å². The smallest absolute Gasteiger partial charge is 0.292 e. The number of benzene rings is 1. The fourth-order valence-electron chi connectivity index (χ4n) is 5.08. The van der Waals surface area contributed by atoms with Crippen molar-refractivity contribution in [1.29, 1.82) is 0 Å². The second-order valence-electron chi connectivity index (χ2n) is 8.49. The zero-order chi connectivity index (χ0) is 19.8. The molecule has 1 aliphatic heterocycles. The molecule has 3 aliphatic rings. The number of aromatic nitrogens is 1. The molecule has 5 rings (SSSR count). The van der Waals surface area contributed by atoms with Crippen LogP contribution in [0.2, 0.25) is 0 Å². The standard InChI is InChI=1S/C22H21N3O3/c1-4-9-25-14-10-21(2,3)11-15(26)16(14)22(19(25)27)13-8-6-5-7-12(13)17-18(22)24-20(23)28-17/h4-8H,1,9-11H2,2-3H3,(H2,23,24). The van der Waals surface area contributed by atoms with Gasteiger partial charge in [0.15, 0.2) is 17.0 Å². The van der Waals surface area contributed by atoms with Crippen LogP contribution in [-0.2, 0) is 15.0 Å². The van der Waals surface area contributed by atoms with Gasteiger partial charge in [0.05, 0.1) is 0 Å². The zero-order valence-corrected chi connectivity index (χ0v) is 15.9. The number of oxazole rings is 1. The molecule has 1 aromatic carbocycles. The second-order valence-corrected chi connectivity index (χ2v) is 8.49. The van der Waals surface area contributed by atoms with Gasteiger partial charge in [0, 0.05) is 29.8 Å². The predicted molar refractivity (Wildman–Crippen MR) is 104 cm³/mol. The fraction of sp³-hybridized carbons (Fsp3) is 0.318. The summed E-state index contributed by atoms with van der Waals surface area (Å²) in [5.41, 5.74) is 7.61. The Morgan fingerprint density at radius 3 is 2.79 bits per heavy atom. The molecule has 1 unspecified atom stereocenters. The van der Waals surface area contributed by atoms with Crippen molar-refractivity contribution in [2.45, 2.75) is 32.1 Å². The lowest BCUT2D eigenvalue weighted by atomic mass is 9.67. The van der Waals surface area contributed by atoms with Crippen molar-refractivity contribution in [1.82, 2.24) is 9.88 Å². The third-order valence-electron chi connectivity index (χ3n) is 6.01. The summed E-state index contributed by atoms with van der Waals surface area (Å²) in [5.74, 6) is 0.282. The van der Waals surface area contributed by atoms with Crippen LogP contribution in [-0.4, -0.2) is 28.1 Å². The van der Waals surface area contributed by atoms with E-state index in [1.165, 1.54) is 0 Å². The van der Waals surface area contributed by atoms with Crippen LogP contribution in [0.1, 0.15) is 37.9 Å². The number of nitrogens with zero attached hydrogens (tertiary/aromatic N) is 2. The number of nitrogens with two attached hydrogens (primary N) is 1. The van der Waals surface area contributed by atoms with Gasteiger partial charge < -0.3 is 15.1 Å². The Balaban J connectivity index is 1.89. The molecule has 1 atom stereocenters. The van der Waals surface area contributed by atoms with Crippen LogP contribution in [0, 0.1) is 5.41 Å². The number of Topliss-reactive ketones (excluding diaryl/α,β-unsaturated/α-hetero) is 1. The van der Waals surface area contributed by atoms with Crippen LogP contribution in [0.3, 0.4) is 0 Å². The maximum atomic E-state index is 13.9. The van der Waals surface area contributed by atoms with E-state index in [1.807, 2.05) is 24.3 Å². The molecular formula is C22H21N3O3. The lowest BCUT2D eigenvalue weighted by molar-refractivity contribution is -0.131. The SMILES string of the molecule is C=CCN1C(=O)C2(C3=C1CC(C)(C)CC3=O)c1ccccc1-c1oc(N)nc12. The van der Waals surface area contributed by atoms with Gasteiger partial charge >= 0.3 is 0 Å². The van der Waals surface area contributed by atoms with Crippen molar-refractivity contribution < 1.29 is 14.0 Å². The lowest BCUT2D eigenvalue weighted by Gasteiger charge is -2.33. The Bertz CT molecular complexity index is 1110. The van der Waals surface area contributed by atoms with E-state index in [4.69, 9.17) is 10.2 Å². The Morgan fingerprint density at radius 2 is 2.04 bits per heavy atom. The van der Waals surface area contributed by atoms with Gasteiger partial charge in [0.2, 0.25) is 5.91 Å². The third-order valence-corrected chi connectivity index (χ3v) is 6.01. The van der Waals surface area contributed by atoms with E-state index in [-0.39, 0.29) is 23.1 Å². The molecule has 28 heavy (non-hydrogen) atoms. The second kappa shape index (κ2) is 5.22. The molecule has 6 heteroatoms. The number of fused-ring (bicyclic) bond motifs is 6. The summed E-state index contributed by atoms with van der Waals surface area (Å²) in [7, 11) is 0. The third kappa shape index (κ3) is 1.85. The molecule has 2 aliphatic carbocycles. The average Bonchev–Trinajstić information content (AvgIpc) is 3.20. The normalized spacial score (nSPS) is 24.6. The van der Waals surface area contributed by atoms with Crippen LogP contribution in [0.5, 0.6) is 0 Å². The summed E-state index contributed by atoms with van der Waals surface area (Å²) < 4.78 is 5.68. The Hall–Kier alpha value is -3.15. The molecule has 0 saturated heterocycles. The van der Waals surface area contributed by atoms with E-state index in [2.05, 4.69) is 25.4 Å². The summed E-state index contributed by atoms with van der Waals surface area (Å²) in [5, 5.41) is 0. The van der Waals surface area contributed by atoms with Crippen molar-refractivity contribution in [3.8, 4) is 11.3 Å². The summed E-state index contributed by atoms with van der Waals surface area (Å²) in [6, 6.07) is 7.52. The molecule has 1 aromatic heterocycles. The fourth-order valence-corrected chi connectivity index (χ4v) is 5.08. The van der Waals surface area contributed by atoms with Crippen LogP contribution < -0.4 is 5.73 Å². The van der Waals surface area contributed by atoms with Gasteiger partial charge in [-0.2, -0.15) is 4.98 Å². The van der Waals surface area contributed by atoms with Gasteiger partial charge in [0.25, 0.3) is 6.01 Å². The van der Waals surface area contributed by atoms with E-state index < -0.39 is 5.41 Å². The summed E-state index contributed by atoms with van der Waals surface area (Å²) in [6.45, 7) is 8.25. The maximum Gasteiger partial charge on any atom is 0.292 e. The number of hydrogen-bond acceptors (Lipinski definition) is 5. The van der Waals surface area contributed by atoms with Crippen molar-refractivity contribution in [3.63, 3.8) is 0 Å². The molecule has 0 radical (unpaired) electrons. The molecule has 1 spiro atoms. The Kier molecular flexibility index (Phi) is 3.17. The molecule has 6 nitrogen and oxygen atoms in total. The number of amides is 1. The highest BCUT2D eigenvalue weighted by Gasteiger charge is 2.64. The molecule has 2 aromatic rings. The monoisotopic (exact) mass is 375 g/mol. The van der Waals surface area contributed by atoms with E-state index in [0.29, 0.717) is 36.4 Å². The van der Waals surface area contributed by atoms with Crippen LogP contribution >= 0.6 is 0 Å². The van der Waals surface area contributed by atoms with Gasteiger partial charge in [-0.25, -0.2) is 0 Å². The van der Waals surface area contributed by atoms with Gasteiger partial charge in [-0.1, -0.05) is 44.2 Å². The first-order chi connectivity index (χ1) is 13.3. The number of carbonyl (C=O) groups is 2. The van der Waals surface area contributed by atoms with E-state index in [1.54, 1.807) is 11.0 Å². The number of anilines is 1. The number of ketones is 1. The molecule has 0 saturated carbocycles. The van der Waals surface area contributed by atoms with Gasteiger partial charge in [0.1, 0.15) is 5.69 Å². The van der Waals surface area contributed by atoms with E-state index >= 15 is 0 Å². The maximum absolute atomic E-state index is 13.9. The molecule has 1 amide bonds. The number of hydrogen-bond donors (Lipinski definition) is 1.